The number of aldehydes is 1. The number of carbonyl (C=O) groups excluding carboxylic acids is 2. The number of carbonyl (C=O) groups is 2. The maximum absolute atomic E-state index is 11.3. The Kier molecular flexibility index (Phi) is 4.04. The van der Waals surface area contributed by atoms with Crippen LogP contribution in [-0.4, -0.2) is 43.5 Å². The second-order valence-electron chi connectivity index (χ2n) is 3.87. The van der Waals surface area contributed by atoms with E-state index in [-0.39, 0.29) is 6.03 Å². The zero-order valence-corrected chi connectivity index (χ0v) is 10.4. The van der Waals surface area contributed by atoms with E-state index < -0.39 is 0 Å². The van der Waals surface area contributed by atoms with Crippen LogP contribution >= 0.6 is 11.6 Å². The van der Waals surface area contributed by atoms with Crippen molar-refractivity contribution in [2.24, 2.45) is 0 Å². The van der Waals surface area contributed by atoms with E-state index in [4.69, 9.17) is 16.3 Å². The fourth-order valence-electron chi connectivity index (χ4n) is 1.73. The molecule has 1 aliphatic rings. The van der Waals surface area contributed by atoms with Crippen molar-refractivity contribution in [1.29, 1.82) is 0 Å². The van der Waals surface area contributed by atoms with Crippen molar-refractivity contribution in [3.8, 4) is 5.75 Å². The molecule has 0 atom stereocenters. The van der Waals surface area contributed by atoms with E-state index in [1.807, 2.05) is 0 Å². The van der Waals surface area contributed by atoms with Gasteiger partial charge in [-0.1, -0.05) is 11.6 Å². The number of urea groups is 1. The number of halogens is 1. The number of hydrogen-bond acceptors (Lipinski definition) is 3. The molecule has 0 aliphatic carbocycles. The highest BCUT2D eigenvalue weighted by Gasteiger charge is 2.18. The molecule has 1 aromatic carbocycles. The van der Waals surface area contributed by atoms with E-state index >= 15 is 0 Å². The normalized spacial score (nSPS) is 14.5. The van der Waals surface area contributed by atoms with Crippen molar-refractivity contribution in [2.75, 3.05) is 26.2 Å². The fraction of sp³-hybridized carbons (Fsp3) is 0.333. The highest BCUT2D eigenvalue weighted by molar-refractivity contribution is 6.30. The van der Waals surface area contributed by atoms with Crippen molar-refractivity contribution in [2.45, 2.75) is 0 Å². The second-order valence-corrected chi connectivity index (χ2v) is 4.30. The first-order valence-electron chi connectivity index (χ1n) is 5.61. The zero-order chi connectivity index (χ0) is 13.0. The predicted octanol–water partition coefficient (Wildman–Crippen LogP) is 1.56. The predicted molar refractivity (Wildman–Crippen MR) is 67.3 cm³/mol. The topological polar surface area (TPSA) is 58.6 Å². The number of rotatable bonds is 5. The molecule has 1 N–H and O–H groups in total. The molecule has 1 fully saturated rings. The molecule has 0 aromatic heterocycles. The third-order valence-corrected chi connectivity index (χ3v) is 2.90. The zero-order valence-electron chi connectivity index (χ0n) is 9.69. The van der Waals surface area contributed by atoms with Gasteiger partial charge >= 0.3 is 6.03 Å². The molecule has 1 aromatic rings. The summed E-state index contributed by atoms with van der Waals surface area (Å²) in [6, 6.07) is 4.78. The standard InChI is InChI=1S/C12H13ClN2O3/c13-10-1-2-11(9(7-10)8-16)18-6-5-15-4-3-14-12(15)17/h1-2,7-8H,3-6H2,(H,14,17). The van der Waals surface area contributed by atoms with Crippen LogP contribution in [-0.2, 0) is 0 Å². The summed E-state index contributed by atoms with van der Waals surface area (Å²) in [7, 11) is 0. The Hall–Kier alpha value is -1.75. The number of amides is 2. The van der Waals surface area contributed by atoms with Gasteiger partial charge in [0.25, 0.3) is 0 Å². The average molecular weight is 269 g/mol. The Morgan fingerprint density at radius 3 is 3.00 bits per heavy atom. The van der Waals surface area contributed by atoms with Crippen LogP contribution in [0.2, 0.25) is 5.02 Å². The molecule has 0 bridgehead atoms. The molecule has 0 spiro atoms. The minimum atomic E-state index is -0.0784. The van der Waals surface area contributed by atoms with E-state index in [2.05, 4.69) is 5.32 Å². The summed E-state index contributed by atoms with van der Waals surface area (Å²) in [5.41, 5.74) is 0.411. The number of ether oxygens (including phenoxy) is 1. The molecule has 1 saturated heterocycles. The van der Waals surface area contributed by atoms with Crippen LogP contribution in [0.25, 0.3) is 0 Å². The van der Waals surface area contributed by atoms with Crippen molar-refractivity contribution in [1.82, 2.24) is 10.2 Å². The van der Waals surface area contributed by atoms with E-state index in [1.165, 1.54) is 0 Å². The van der Waals surface area contributed by atoms with E-state index in [0.717, 1.165) is 0 Å². The molecular formula is C12H13ClN2O3. The van der Waals surface area contributed by atoms with Crippen LogP contribution in [0, 0.1) is 0 Å². The maximum Gasteiger partial charge on any atom is 0.317 e. The molecule has 5 nitrogen and oxygen atoms in total. The summed E-state index contributed by atoms with van der Waals surface area (Å²) < 4.78 is 5.48. The van der Waals surface area contributed by atoms with Crippen LogP contribution in [0.1, 0.15) is 10.4 Å². The van der Waals surface area contributed by atoms with E-state index in [1.54, 1.807) is 23.1 Å². The Bertz CT molecular complexity index is 465. The third kappa shape index (κ3) is 2.92. The van der Waals surface area contributed by atoms with Gasteiger partial charge in [-0.3, -0.25) is 4.79 Å². The van der Waals surface area contributed by atoms with Gasteiger partial charge in [-0.25, -0.2) is 4.79 Å². The largest absolute Gasteiger partial charge is 0.491 e. The Morgan fingerprint density at radius 2 is 2.33 bits per heavy atom. The number of hydrogen-bond donors (Lipinski definition) is 1. The molecule has 96 valence electrons. The summed E-state index contributed by atoms with van der Waals surface area (Å²) in [6.07, 6.45) is 0.698. The highest BCUT2D eigenvalue weighted by Crippen LogP contribution is 2.21. The lowest BCUT2D eigenvalue weighted by atomic mass is 10.2. The Labute approximate surface area is 110 Å². The van der Waals surface area contributed by atoms with Crippen molar-refractivity contribution in [3.63, 3.8) is 0 Å². The van der Waals surface area contributed by atoms with Crippen molar-refractivity contribution < 1.29 is 14.3 Å². The Balaban J connectivity index is 1.90. The van der Waals surface area contributed by atoms with Gasteiger partial charge in [0.1, 0.15) is 12.4 Å². The summed E-state index contributed by atoms with van der Waals surface area (Å²) in [6.45, 7) is 2.19. The quantitative estimate of drug-likeness (QED) is 0.825. The first kappa shape index (κ1) is 12.7. The van der Waals surface area contributed by atoms with Gasteiger partial charge in [-0.15, -0.1) is 0 Å². The number of nitrogens with zero attached hydrogens (tertiary/aromatic N) is 1. The highest BCUT2D eigenvalue weighted by atomic mass is 35.5. The molecule has 1 heterocycles. The third-order valence-electron chi connectivity index (χ3n) is 2.66. The molecule has 0 unspecified atom stereocenters. The monoisotopic (exact) mass is 268 g/mol. The van der Waals surface area contributed by atoms with Gasteiger partial charge in [-0.2, -0.15) is 0 Å². The molecule has 2 amide bonds. The van der Waals surface area contributed by atoms with Crippen molar-refractivity contribution >= 4 is 23.9 Å². The fourth-order valence-corrected chi connectivity index (χ4v) is 1.91. The van der Waals surface area contributed by atoms with E-state index in [9.17, 15) is 9.59 Å². The first-order chi connectivity index (χ1) is 8.70. The lowest BCUT2D eigenvalue weighted by Gasteiger charge is -2.15. The van der Waals surface area contributed by atoms with Crippen LogP contribution in [0.3, 0.4) is 0 Å². The SMILES string of the molecule is O=Cc1cc(Cl)ccc1OCCN1CCNC1=O. The summed E-state index contributed by atoms with van der Waals surface area (Å²) in [5.74, 6) is 0.481. The second kappa shape index (κ2) is 5.73. The number of benzene rings is 1. The lowest BCUT2D eigenvalue weighted by Crippen LogP contribution is -2.31. The first-order valence-corrected chi connectivity index (χ1v) is 5.99. The molecule has 2 rings (SSSR count). The summed E-state index contributed by atoms with van der Waals surface area (Å²) >= 11 is 5.78. The van der Waals surface area contributed by atoms with Gasteiger partial charge in [0.05, 0.1) is 12.1 Å². The van der Waals surface area contributed by atoms with Gasteiger partial charge in [0.2, 0.25) is 0 Å². The average Bonchev–Trinajstić information content (AvgIpc) is 2.77. The Morgan fingerprint density at radius 1 is 1.50 bits per heavy atom. The number of nitrogens with one attached hydrogen (secondary N) is 1. The van der Waals surface area contributed by atoms with Crippen LogP contribution < -0.4 is 10.1 Å². The minimum Gasteiger partial charge on any atom is -0.491 e. The van der Waals surface area contributed by atoms with Gasteiger partial charge in [-0.05, 0) is 18.2 Å². The molecule has 0 radical (unpaired) electrons. The molecular weight excluding hydrogens is 256 g/mol. The van der Waals surface area contributed by atoms with E-state index in [0.29, 0.717) is 48.9 Å². The van der Waals surface area contributed by atoms with Gasteiger partial charge in [0, 0.05) is 18.1 Å². The van der Waals surface area contributed by atoms with Crippen LogP contribution in [0.5, 0.6) is 5.75 Å². The van der Waals surface area contributed by atoms with Gasteiger partial charge in [0.15, 0.2) is 6.29 Å². The smallest absolute Gasteiger partial charge is 0.317 e. The molecule has 0 saturated carbocycles. The lowest BCUT2D eigenvalue weighted by molar-refractivity contribution is 0.111. The van der Waals surface area contributed by atoms with Gasteiger partial charge < -0.3 is 15.0 Å². The summed E-state index contributed by atoms with van der Waals surface area (Å²) in [5, 5.41) is 3.20. The van der Waals surface area contributed by atoms with Crippen molar-refractivity contribution in [3.05, 3.63) is 28.8 Å². The van der Waals surface area contributed by atoms with Crippen LogP contribution in [0.4, 0.5) is 4.79 Å². The maximum atomic E-state index is 11.3. The minimum absolute atomic E-state index is 0.0784. The molecule has 6 heteroatoms. The van der Waals surface area contributed by atoms with Crippen LogP contribution in [0.15, 0.2) is 18.2 Å². The summed E-state index contributed by atoms with van der Waals surface area (Å²) in [4.78, 5) is 23.8. The molecule has 1 aliphatic heterocycles. The molecule has 18 heavy (non-hydrogen) atoms.